The van der Waals surface area contributed by atoms with Gasteiger partial charge in [-0.25, -0.2) is 5.43 Å². The number of nitrogens with two attached hydrogens (primary N) is 1. The Hall–Kier alpha value is -1.36. The molecule has 4 N–H and O–H groups in total. The number of hydrogen-bond acceptors (Lipinski definition) is 3. The van der Waals surface area contributed by atoms with Gasteiger partial charge in [0.15, 0.2) is 0 Å². The van der Waals surface area contributed by atoms with Crippen molar-refractivity contribution >= 4 is 30.0 Å². The zero-order valence-corrected chi connectivity index (χ0v) is 8.26. The Bertz CT molecular complexity index is 266. The molecule has 0 spiro atoms. The Morgan fingerprint density at radius 2 is 2.15 bits per heavy atom. The van der Waals surface area contributed by atoms with Crippen LogP contribution in [0.25, 0.3) is 0 Å². The number of nitrogens with zero attached hydrogens (tertiary/aromatic N) is 2. The number of aliphatic imine (C=N–C) groups is 1. The second-order valence-corrected chi connectivity index (χ2v) is 2.61. The molecule has 0 aliphatic carbocycles. The van der Waals surface area contributed by atoms with E-state index in [1.807, 2.05) is 0 Å². The van der Waals surface area contributed by atoms with Crippen molar-refractivity contribution in [2.24, 2.45) is 15.8 Å². The molecule has 0 aliphatic heterocycles. The number of allylic oxidation sites excluding steroid dienone is 2. The van der Waals surface area contributed by atoms with E-state index in [1.165, 1.54) is 12.4 Å². The van der Waals surface area contributed by atoms with Gasteiger partial charge in [-0.2, -0.15) is 5.10 Å². The van der Waals surface area contributed by atoms with E-state index in [2.05, 4.69) is 15.5 Å². The first kappa shape index (κ1) is 11.6. The first-order chi connectivity index (χ1) is 6.07. The average molecular weight is 202 g/mol. The lowest BCUT2D eigenvalue weighted by molar-refractivity contribution is 1.00. The molecule has 0 bridgehead atoms. The maximum absolute atomic E-state index is 6.80. The molecule has 0 rings (SSSR count). The van der Waals surface area contributed by atoms with E-state index in [4.69, 9.17) is 22.7 Å². The van der Waals surface area contributed by atoms with Gasteiger partial charge in [-0.3, -0.25) is 10.4 Å². The topological polar surface area (TPSA) is 86.6 Å². The minimum absolute atomic E-state index is 0.218. The van der Waals surface area contributed by atoms with Gasteiger partial charge >= 0.3 is 0 Å². The first-order valence-electron chi connectivity index (χ1n) is 3.49. The minimum Gasteiger partial charge on any atom is -0.369 e. The predicted molar refractivity (Wildman–Crippen MR) is 56.5 cm³/mol. The molecule has 0 fully saturated rings. The first-order valence-corrected chi connectivity index (χ1v) is 3.87. The van der Waals surface area contributed by atoms with Gasteiger partial charge < -0.3 is 5.73 Å². The van der Waals surface area contributed by atoms with Crippen molar-refractivity contribution in [3.63, 3.8) is 0 Å². The third-order valence-corrected chi connectivity index (χ3v) is 1.46. The molecule has 0 atom stereocenters. The second kappa shape index (κ2) is 6.19. The van der Waals surface area contributed by atoms with Crippen LogP contribution in [0.5, 0.6) is 0 Å². The number of hydrogen-bond donors (Lipinski definition) is 3. The molecule has 5 nitrogen and oxygen atoms in total. The summed E-state index contributed by atoms with van der Waals surface area (Å²) in [6.45, 7) is 1.77. The van der Waals surface area contributed by atoms with Crippen LogP contribution in [0.3, 0.4) is 0 Å². The molecule has 0 amide bonds. The van der Waals surface area contributed by atoms with Crippen molar-refractivity contribution in [1.29, 1.82) is 5.41 Å². The lowest BCUT2D eigenvalue weighted by atomic mass is 10.3. The fourth-order valence-electron chi connectivity index (χ4n) is 0.475. The maximum atomic E-state index is 6.80. The lowest BCUT2D eigenvalue weighted by Gasteiger charge is -1.95. The number of hydrazone groups is 1. The number of halogens is 1. The van der Waals surface area contributed by atoms with Gasteiger partial charge in [0.2, 0.25) is 5.96 Å². The standard InChI is InChI=1S/C7H12ClN5/c1-5(6(8)4-11-2)3-12-13-7(9)10/h3-4H,1-2H3,(H4,9,10,13)/b6-5-,11-4-,12-3+. The molecular formula is C7H12ClN5. The molecule has 0 unspecified atom stereocenters. The third kappa shape index (κ3) is 5.86. The zero-order valence-electron chi connectivity index (χ0n) is 7.50. The Labute approximate surface area is 81.9 Å². The SMILES string of the molecule is C\N=C/C(Cl)=C(C)/C=N/NC(=N)N. The average Bonchev–Trinajstić information content (AvgIpc) is 2.04. The normalized spacial score (nSPS) is 13.5. The highest BCUT2D eigenvalue weighted by atomic mass is 35.5. The van der Waals surface area contributed by atoms with Crippen molar-refractivity contribution in [3.05, 3.63) is 10.6 Å². The van der Waals surface area contributed by atoms with Crippen LogP contribution >= 0.6 is 11.6 Å². The fraction of sp³-hybridized carbons (Fsp3) is 0.286. The fourth-order valence-corrected chi connectivity index (χ4v) is 0.622. The highest BCUT2D eigenvalue weighted by Gasteiger charge is 1.91. The Balaban J connectivity index is 4.27. The summed E-state index contributed by atoms with van der Waals surface area (Å²) in [6.07, 6.45) is 2.97. The van der Waals surface area contributed by atoms with Crippen LogP contribution < -0.4 is 11.2 Å². The van der Waals surface area contributed by atoms with E-state index >= 15 is 0 Å². The largest absolute Gasteiger partial charge is 0.369 e. The van der Waals surface area contributed by atoms with Crippen molar-refractivity contribution in [2.45, 2.75) is 6.92 Å². The molecule has 0 aliphatic rings. The number of nitrogens with one attached hydrogen (secondary N) is 2. The van der Waals surface area contributed by atoms with Gasteiger partial charge in [0.05, 0.1) is 11.2 Å². The van der Waals surface area contributed by atoms with Gasteiger partial charge in [-0.05, 0) is 12.5 Å². The quantitative estimate of drug-likeness (QED) is 0.356. The molecule has 6 heteroatoms. The molecule has 13 heavy (non-hydrogen) atoms. The van der Waals surface area contributed by atoms with Crippen molar-refractivity contribution in [3.8, 4) is 0 Å². The number of guanidine groups is 1. The summed E-state index contributed by atoms with van der Waals surface area (Å²) >= 11 is 5.77. The number of rotatable bonds is 3. The van der Waals surface area contributed by atoms with Gasteiger partial charge in [0, 0.05) is 13.3 Å². The van der Waals surface area contributed by atoms with Crippen LogP contribution in [-0.4, -0.2) is 25.4 Å². The summed E-state index contributed by atoms with van der Waals surface area (Å²) in [5.41, 5.74) is 8.00. The van der Waals surface area contributed by atoms with Crippen molar-refractivity contribution in [1.82, 2.24) is 5.43 Å². The summed E-state index contributed by atoms with van der Waals surface area (Å²) < 4.78 is 0. The predicted octanol–water partition coefficient (Wildman–Crippen LogP) is 0.669. The second-order valence-electron chi connectivity index (χ2n) is 2.20. The molecular weight excluding hydrogens is 190 g/mol. The van der Waals surface area contributed by atoms with Gasteiger partial charge in [0.25, 0.3) is 0 Å². The zero-order chi connectivity index (χ0) is 10.3. The van der Waals surface area contributed by atoms with Crippen LogP contribution in [0.15, 0.2) is 20.7 Å². The summed E-state index contributed by atoms with van der Waals surface area (Å²) in [7, 11) is 1.63. The van der Waals surface area contributed by atoms with E-state index < -0.39 is 0 Å². The van der Waals surface area contributed by atoms with Gasteiger partial charge in [-0.1, -0.05) is 11.6 Å². The minimum atomic E-state index is -0.218. The van der Waals surface area contributed by atoms with E-state index in [9.17, 15) is 0 Å². The third-order valence-electron chi connectivity index (χ3n) is 1.06. The molecule has 0 aromatic carbocycles. The summed E-state index contributed by atoms with van der Waals surface area (Å²) in [5, 5.41) is 10.9. The summed E-state index contributed by atoms with van der Waals surface area (Å²) in [5.74, 6) is -0.218. The van der Waals surface area contributed by atoms with E-state index in [-0.39, 0.29) is 5.96 Å². The highest BCUT2D eigenvalue weighted by Crippen LogP contribution is 2.03. The van der Waals surface area contributed by atoms with Gasteiger partial charge in [0.1, 0.15) is 0 Å². The van der Waals surface area contributed by atoms with Crippen LogP contribution in [0.1, 0.15) is 6.92 Å². The molecule has 0 saturated carbocycles. The smallest absolute Gasteiger partial charge is 0.206 e. The molecule has 72 valence electrons. The van der Waals surface area contributed by atoms with E-state index in [1.54, 1.807) is 14.0 Å². The van der Waals surface area contributed by atoms with Crippen molar-refractivity contribution < 1.29 is 0 Å². The van der Waals surface area contributed by atoms with E-state index in [0.29, 0.717) is 5.03 Å². The van der Waals surface area contributed by atoms with E-state index in [0.717, 1.165) is 5.57 Å². The van der Waals surface area contributed by atoms with Gasteiger partial charge in [-0.15, -0.1) is 0 Å². The van der Waals surface area contributed by atoms with Crippen LogP contribution in [-0.2, 0) is 0 Å². The van der Waals surface area contributed by atoms with Crippen LogP contribution in [0, 0.1) is 5.41 Å². The maximum Gasteiger partial charge on any atom is 0.206 e. The molecule has 0 aromatic rings. The summed E-state index contributed by atoms with van der Waals surface area (Å²) in [6, 6.07) is 0. The molecule has 0 saturated heterocycles. The summed E-state index contributed by atoms with van der Waals surface area (Å²) in [4.78, 5) is 3.74. The van der Waals surface area contributed by atoms with Crippen LogP contribution in [0.4, 0.5) is 0 Å². The molecule has 0 heterocycles. The Morgan fingerprint density at radius 3 is 2.62 bits per heavy atom. The lowest BCUT2D eigenvalue weighted by Crippen LogP contribution is -2.25. The van der Waals surface area contributed by atoms with Crippen molar-refractivity contribution in [2.75, 3.05) is 7.05 Å². The molecule has 0 aromatic heterocycles. The monoisotopic (exact) mass is 201 g/mol. The Kier molecular flexibility index (Phi) is 5.54. The van der Waals surface area contributed by atoms with Crippen LogP contribution in [0.2, 0.25) is 0 Å². The highest BCUT2D eigenvalue weighted by molar-refractivity contribution is 6.40. The Morgan fingerprint density at radius 1 is 1.54 bits per heavy atom. The molecule has 0 radical (unpaired) electrons.